The molecule has 1 fully saturated rings. The van der Waals surface area contributed by atoms with Gasteiger partial charge in [-0.05, 0) is 100 Å². The molecule has 1 N–H and O–H groups in total. The molecule has 30 heavy (non-hydrogen) atoms. The van der Waals surface area contributed by atoms with Crippen LogP contribution >= 0.6 is 0 Å². The van der Waals surface area contributed by atoms with Crippen molar-refractivity contribution in [2.24, 2.45) is 5.92 Å². The van der Waals surface area contributed by atoms with Gasteiger partial charge in [-0.2, -0.15) is 0 Å². The van der Waals surface area contributed by atoms with E-state index in [0.717, 1.165) is 50.4 Å². The standard InChI is InChI=1S/C27H36N2O/c1-21-5-7-23(8-6-21)20-29-17-13-22(14-18-29)3-2-4-27(30)26-10-9-24-11-15-28-16-12-25(24)19-26/h5-10,19,22,28H,2-4,11-18,20H2,1H3. The molecule has 0 aliphatic carbocycles. The number of aryl methyl sites for hydroxylation is 1. The Hall–Kier alpha value is -1.97. The molecular weight excluding hydrogens is 368 g/mol. The number of piperidine rings is 1. The smallest absolute Gasteiger partial charge is 0.162 e. The molecule has 0 atom stereocenters. The van der Waals surface area contributed by atoms with Crippen LogP contribution in [0.1, 0.15) is 64.7 Å². The lowest BCUT2D eigenvalue weighted by Gasteiger charge is -2.32. The Morgan fingerprint density at radius 3 is 2.50 bits per heavy atom. The molecule has 160 valence electrons. The zero-order valence-corrected chi connectivity index (χ0v) is 18.5. The lowest BCUT2D eigenvalue weighted by atomic mass is 9.90. The number of nitrogens with zero attached hydrogens (tertiary/aromatic N) is 1. The third kappa shape index (κ3) is 5.80. The number of carbonyl (C=O) groups excluding carboxylic acids is 1. The molecule has 1 saturated heterocycles. The summed E-state index contributed by atoms with van der Waals surface area (Å²) in [4.78, 5) is 15.3. The Morgan fingerprint density at radius 1 is 1.00 bits per heavy atom. The van der Waals surface area contributed by atoms with E-state index >= 15 is 0 Å². The lowest BCUT2D eigenvalue weighted by molar-refractivity contribution is 0.0974. The van der Waals surface area contributed by atoms with Crippen LogP contribution in [-0.4, -0.2) is 36.9 Å². The molecule has 0 bridgehead atoms. The number of hydrogen-bond acceptors (Lipinski definition) is 3. The maximum Gasteiger partial charge on any atom is 0.162 e. The average Bonchev–Trinajstić information content (AvgIpc) is 3.01. The number of nitrogens with one attached hydrogen (secondary N) is 1. The highest BCUT2D eigenvalue weighted by Gasteiger charge is 2.20. The van der Waals surface area contributed by atoms with Crippen molar-refractivity contribution in [3.8, 4) is 0 Å². The Kier molecular flexibility index (Phi) is 7.35. The van der Waals surface area contributed by atoms with Gasteiger partial charge in [-0.3, -0.25) is 9.69 Å². The molecule has 3 nitrogen and oxygen atoms in total. The van der Waals surface area contributed by atoms with Crippen LogP contribution in [0.2, 0.25) is 0 Å². The van der Waals surface area contributed by atoms with E-state index in [1.165, 1.54) is 54.6 Å². The first-order chi connectivity index (χ1) is 14.7. The summed E-state index contributed by atoms with van der Waals surface area (Å²) in [5, 5.41) is 3.44. The number of fused-ring (bicyclic) bond motifs is 1. The molecule has 2 heterocycles. The quantitative estimate of drug-likeness (QED) is 0.663. The molecule has 4 rings (SSSR count). The molecule has 0 radical (unpaired) electrons. The third-order valence-corrected chi connectivity index (χ3v) is 6.92. The zero-order chi connectivity index (χ0) is 20.8. The summed E-state index contributed by atoms with van der Waals surface area (Å²) in [6.07, 6.45) is 7.57. The number of hydrogen-bond donors (Lipinski definition) is 1. The van der Waals surface area contributed by atoms with Crippen molar-refractivity contribution >= 4 is 5.78 Å². The first-order valence-electron chi connectivity index (χ1n) is 11.8. The average molecular weight is 405 g/mol. The fourth-order valence-electron chi connectivity index (χ4n) is 4.93. The van der Waals surface area contributed by atoms with E-state index in [0.29, 0.717) is 12.2 Å². The molecule has 2 aliphatic heterocycles. The van der Waals surface area contributed by atoms with Crippen LogP contribution < -0.4 is 5.32 Å². The molecule has 0 saturated carbocycles. The van der Waals surface area contributed by atoms with E-state index < -0.39 is 0 Å². The Bertz CT molecular complexity index is 834. The Balaban J connectivity index is 1.18. The van der Waals surface area contributed by atoms with Crippen molar-refractivity contribution < 1.29 is 4.79 Å². The van der Waals surface area contributed by atoms with Crippen molar-refractivity contribution in [1.29, 1.82) is 0 Å². The van der Waals surface area contributed by atoms with Gasteiger partial charge in [0.15, 0.2) is 5.78 Å². The fraction of sp³-hybridized carbons (Fsp3) is 0.519. The maximum atomic E-state index is 12.7. The topological polar surface area (TPSA) is 32.3 Å². The van der Waals surface area contributed by atoms with E-state index in [-0.39, 0.29) is 0 Å². The minimum absolute atomic E-state index is 0.326. The molecule has 2 aromatic carbocycles. The highest BCUT2D eigenvalue weighted by Crippen LogP contribution is 2.25. The van der Waals surface area contributed by atoms with Crippen molar-refractivity contribution in [1.82, 2.24) is 10.2 Å². The van der Waals surface area contributed by atoms with E-state index in [1.807, 2.05) is 0 Å². The van der Waals surface area contributed by atoms with Crippen LogP contribution in [-0.2, 0) is 19.4 Å². The SMILES string of the molecule is Cc1ccc(CN2CCC(CCCC(=O)c3ccc4c(c3)CCNCC4)CC2)cc1. The lowest BCUT2D eigenvalue weighted by Crippen LogP contribution is -2.33. The van der Waals surface area contributed by atoms with Crippen LogP contribution in [0.25, 0.3) is 0 Å². The van der Waals surface area contributed by atoms with Crippen LogP contribution in [0, 0.1) is 12.8 Å². The number of carbonyl (C=O) groups is 1. The molecule has 0 amide bonds. The molecule has 2 aliphatic rings. The van der Waals surface area contributed by atoms with E-state index in [9.17, 15) is 4.79 Å². The van der Waals surface area contributed by atoms with Gasteiger partial charge in [0, 0.05) is 18.5 Å². The Morgan fingerprint density at radius 2 is 1.73 bits per heavy atom. The summed E-state index contributed by atoms with van der Waals surface area (Å²) in [5.41, 5.74) is 6.44. The highest BCUT2D eigenvalue weighted by molar-refractivity contribution is 5.96. The van der Waals surface area contributed by atoms with Crippen LogP contribution in [0.3, 0.4) is 0 Å². The first kappa shape index (κ1) is 21.3. The van der Waals surface area contributed by atoms with Gasteiger partial charge in [-0.15, -0.1) is 0 Å². The summed E-state index contributed by atoms with van der Waals surface area (Å²) in [7, 11) is 0. The van der Waals surface area contributed by atoms with Gasteiger partial charge in [-0.1, -0.05) is 42.0 Å². The van der Waals surface area contributed by atoms with Crippen molar-refractivity contribution in [2.75, 3.05) is 26.2 Å². The van der Waals surface area contributed by atoms with Gasteiger partial charge in [0.25, 0.3) is 0 Å². The predicted octanol–water partition coefficient (Wildman–Crippen LogP) is 4.95. The maximum absolute atomic E-state index is 12.7. The molecule has 0 aromatic heterocycles. The summed E-state index contributed by atoms with van der Waals surface area (Å²) in [6.45, 7) is 7.65. The van der Waals surface area contributed by atoms with Gasteiger partial charge < -0.3 is 5.32 Å². The second-order valence-electron chi connectivity index (χ2n) is 9.25. The zero-order valence-electron chi connectivity index (χ0n) is 18.5. The molecule has 0 spiro atoms. The number of benzene rings is 2. The number of Topliss-reactive ketones (excluding diaryl/α,β-unsaturated/α-hetero) is 1. The predicted molar refractivity (Wildman–Crippen MR) is 124 cm³/mol. The van der Waals surface area contributed by atoms with Crippen molar-refractivity contribution in [2.45, 2.75) is 58.4 Å². The summed E-state index contributed by atoms with van der Waals surface area (Å²) < 4.78 is 0. The Labute approximate surface area is 181 Å². The second kappa shape index (κ2) is 10.4. The highest BCUT2D eigenvalue weighted by atomic mass is 16.1. The molecule has 0 unspecified atom stereocenters. The van der Waals surface area contributed by atoms with Crippen LogP contribution in [0.5, 0.6) is 0 Å². The molecule has 2 aromatic rings. The van der Waals surface area contributed by atoms with Crippen molar-refractivity contribution in [3.63, 3.8) is 0 Å². The first-order valence-corrected chi connectivity index (χ1v) is 11.8. The van der Waals surface area contributed by atoms with Gasteiger partial charge in [-0.25, -0.2) is 0 Å². The monoisotopic (exact) mass is 404 g/mol. The van der Waals surface area contributed by atoms with E-state index in [1.54, 1.807) is 0 Å². The second-order valence-corrected chi connectivity index (χ2v) is 9.25. The largest absolute Gasteiger partial charge is 0.316 e. The molecular formula is C27H36N2O. The molecule has 3 heteroatoms. The summed E-state index contributed by atoms with van der Waals surface area (Å²) >= 11 is 0. The van der Waals surface area contributed by atoms with Gasteiger partial charge in [0.1, 0.15) is 0 Å². The van der Waals surface area contributed by atoms with E-state index in [2.05, 4.69) is 59.6 Å². The van der Waals surface area contributed by atoms with E-state index in [4.69, 9.17) is 0 Å². The van der Waals surface area contributed by atoms with Crippen LogP contribution in [0.4, 0.5) is 0 Å². The van der Waals surface area contributed by atoms with Gasteiger partial charge >= 0.3 is 0 Å². The number of ketones is 1. The number of rotatable bonds is 7. The number of likely N-dealkylation sites (tertiary alicyclic amines) is 1. The van der Waals surface area contributed by atoms with Crippen LogP contribution in [0.15, 0.2) is 42.5 Å². The normalized spacial score (nSPS) is 18.0. The third-order valence-electron chi connectivity index (χ3n) is 6.92. The van der Waals surface area contributed by atoms with Gasteiger partial charge in [0.2, 0.25) is 0 Å². The van der Waals surface area contributed by atoms with Crippen molar-refractivity contribution in [3.05, 3.63) is 70.3 Å². The summed E-state index contributed by atoms with van der Waals surface area (Å²) in [5.74, 6) is 1.11. The minimum Gasteiger partial charge on any atom is -0.316 e. The van der Waals surface area contributed by atoms with Gasteiger partial charge in [0.05, 0.1) is 0 Å². The minimum atomic E-state index is 0.326. The summed E-state index contributed by atoms with van der Waals surface area (Å²) in [6, 6.07) is 15.3. The fourth-order valence-corrected chi connectivity index (χ4v) is 4.93.